The van der Waals surface area contributed by atoms with E-state index < -0.39 is 0 Å². The Morgan fingerprint density at radius 1 is 0.333 bits per heavy atom. The van der Waals surface area contributed by atoms with Crippen molar-refractivity contribution in [1.82, 2.24) is 0 Å². The number of benzene rings is 8. The lowest BCUT2D eigenvalue weighted by molar-refractivity contribution is 0.487. The van der Waals surface area contributed by atoms with Crippen molar-refractivity contribution in [1.29, 1.82) is 0 Å². The summed E-state index contributed by atoms with van der Waals surface area (Å²) in [6, 6.07) is 62.3. The molecule has 1 nitrogen and oxygen atoms in total. The Hall–Kier alpha value is -6.18. The first-order chi connectivity index (χ1) is 23.8. The highest BCUT2D eigenvalue weighted by Gasteiger charge is 2.52. The molecule has 1 aliphatic heterocycles. The Labute approximate surface area is 279 Å². The second-order valence-corrected chi connectivity index (χ2v) is 13.1. The molecule has 48 heavy (non-hydrogen) atoms. The molecule has 0 bridgehead atoms. The van der Waals surface area contributed by atoms with Gasteiger partial charge in [0.05, 0.1) is 5.41 Å². The molecule has 0 unspecified atom stereocenters. The third kappa shape index (κ3) is 3.21. The van der Waals surface area contributed by atoms with Crippen LogP contribution >= 0.6 is 0 Å². The molecule has 0 fully saturated rings. The fourth-order valence-electron chi connectivity index (χ4n) is 9.04. The van der Waals surface area contributed by atoms with Crippen molar-refractivity contribution in [3.05, 3.63) is 192 Å². The minimum absolute atomic E-state index is 0.361. The van der Waals surface area contributed by atoms with Crippen LogP contribution in [0.5, 0.6) is 11.5 Å². The maximum absolute atomic E-state index is 6.71. The molecular formula is C47H28O. The topological polar surface area (TPSA) is 9.23 Å². The minimum atomic E-state index is -0.361. The Morgan fingerprint density at radius 2 is 0.917 bits per heavy atom. The normalized spacial score (nSPS) is 13.8. The molecule has 8 aromatic rings. The molecule has 1 heterocycles. The van der Waals surface area contributed by atoms with Gasteiger partial charge in [-0.05, 0) is 95.9 Å². The third-order valence-electron chi connectivity index (χ3n) is 10.9. The number of ether oxygens (including phenoxy) is 1. The maximum Gasteiger partial charge on any atom is 0.135 e. The van der Waals surface area contributed by atoms with Crippen LogP contribution in [0.2, 0.25) is 0 Å². The third-order valence-corrected chi connectivity index (χ3v) is 10.9. The molecule has 222 valence electrons. The monoisotopic (exact) mass is 608 g/mol. The van der Waals surface area contributed by atoms with E-state index in [1.54, 1.807) is 0 Å². The van der Waals surface area contributed by atoms with Crippen LogP contribution < -0.4 is 4.74 Å². The Bertz CT molecular complexity index is 2600. The molecule has 8 aromatic carbocycles. The van der Waals surface area contributed by atoms with E-state index >= 15 is 0 Å². The van der Waals surface area contributed by atoms with Crippen LogP contribution in [0.15, 0.2) is 170 Å². The summed E-state index contributed by atoms with van der Waals surface area (Å²) in [5.74, 6) is 1.81. The van der Waals surface area contributed by atoms with E-state index in [0.717, 1.165) is 22.6 Å². The zero-order valence-corrected chi connectivity index (χ0v) is 26.1. The van der Waals surface area contributed by atoms with Crippen LogP contribution in [0.1, 0.15) is 22.3 Å². The first kappa shape index (κ1) is 25.9. The van der Waals surface area contributed by atoms with Crippen molar-refractivity contribution in [2.24, 2.45) is 0 Å². The van der Waals surface area contributed by atoms with Gasteiger partial charge in [0.1, 0.15) is 11.5 Å². The number of rotatable bonds is 2. The first-order valence-corrected chi connectivity index (χ1v) is 16.7. The van der Waals surface area contributed by atoms with E-state index in [9.17, 15) is 0 Å². The molecule has 0 aromatic heterocycles. The molecule has 0 amide bonds. The van der Waals surface area contributed by atoms with E-state index in [2.05, 4.69) is 170 Å². The molecule has 2 aliphatic carbocycles. The Balaban J connectivity index is 1.16. The molecule has 11 rings (SSSR count). The van der Waals surface area contributed by atoms with E-state index in [1.807, 2.05) is 0 Å². The quantitative estimate of drug-likeness (QED) is 0.190. The summed E-state index contributed by atoms with van der Waals surface area (Å²) >= 11 is 0. The van der Waals surface area contributed by atoms with Gasteiger partial charge in [0.15, 0.2) is 0 Å². The van der Waals surface area contributed by atoms with Crippen molar-refractivity contribution < 1.29 is 4.74 Å². The lowest BCUT2D eigenvalue weighted by Crippen LogP contribution is -2.25. The highest BCUT2D eigenvalue weighted by molar-refractivity contribution is 6.12. The molecule has 0 radical (unpaired) electrons. The summed E-state index contributed by atoms with van der Waals surface area (Å²) < 4.78 is 6.71. The highest BCUT2D eigenvalue weighted by Crippen LogP contribution is 2.64. The largest absolute Gasteiger partial charge is 0.456 e. The molecule has 3 aliphatic rings. The van der Waals surface area contributed by atoms with Crippen molar-refractivity contribution in [3.8, 4) is 67.1 Å². The fraction of sp³-hybridized carbons (Fsp3) is 0.0213. The fourth-order valence-corrected chi connectivity index (χ4v) is 9.04. The van der Waals surface area contributed by atoms with Gasteiger partial charge in [0.25, 0.3) is 0 Å². The molecule has 1 heteroatoms. The van der Waals surface area contributed by atoms with E-state index in [0.29, 0.717) is 0 Å². The molecule has 0 saturated heterocycles. The summed E-state index contributed by atoms with van der Waals surface area (Å²) in [7, 11) is 0. The average Bonchev–Trinajstić information content (AvgIpc) is 3.63. The minimum Gasteiger partial charge on any atom is -0.456 e. The average molecular weight is 609 g/mol. The van der Waals surface area contributed by atoms with Gasteiger partial charge < -0.3 is 4.74 Å². The molecule has 0 atom stereocenters. The van der Waals surface area contributed by atoms with Gasteiger partial charge >= 0.3 is 0 Å². The number of hydrogen-bond acceptors (Lipinski definition) is 1. The van der Waals surface area contributed by atoms with Crippen LogP contribution in [-0.4, -0.2) is 0 Å². The van der Waals surface area contributed by atoms with Crippen LogP contribution in [0, 0.1) is 0 Å². The second-order valence-electron chi connectivity index (χ2n) is 13.1. The van der Waals surface area contributed by atoms with Gasteiger partial charge in [-0.1, -0.05) is 152 Å². The van der Waals surface area contributed by atoms with Crippen LogP contribution in [0.25, 0.3) is 66.4 Å². The summed E-state index contributed by atoms with van der Waals surface area (Å²) in [6.45, 7) is 0. The van der Waals surface area contributed by atoms with Gasteiger partial charge in [-0.3, -0.25) is 0 Å². The Kier molecular flexibility index (Phi) is 5.10. The predicted octanol–water partition coefficient (Wildman–Crippen LogP) is 12.3. The van der Waals surface area contributed by atoms with Gasteiger partial charge in [-0.25, -0.2) is 0 Å². The molecular weight excluding hydrogens is 581 g/mol. The number of fused-ring (bicyclic) bond motifs is 12. The molecule has 1 spiro atoms. The van der Waals surface area contributed by atoms with Crippen molar-refractivity contribution >= 4 is 10.8 Å². The highest BCUT2D eigenvalue weighted by atomic mass is 16.5. The molecule has 0 saturated carbocycles. The van der Waals surface area contributed by atoms with Crippen molar-refractivity contribution in [2.75, 3.05) is 0 Å². The molecule has 0 N–H and O–H groups in total. The summed E-state index contributed by atoms with van der Waals surface area (Å²) in [4.78, 5) is 0. The van der Waals surface area contributed by atoms with Crippen LogP contribution in [0.3, 0.4) is 0 Å². The lowest BCUT2D eigenvalue weighted by atomic mass is 9.70. The zero-order valence-electron chi connectivity index (χ0n) is 26.1. The lowest BCUT2D eigenvalue weighted by Gasteiger charge is -2.30. The zero-order chi connectivity index (χ0) is 31.4. The van der Waals surface area contributed by atoms with Gasteiger partial charge in [0, 0.05) is 10.9 Å². The maximum atomic E-state index is 6.71. The second kappa shape index (κ2) is 9.44. The SMILES string of the molecule is c1ccc(-c2ccc3c(c2)Oc2ccc(-c4cccc5c4-c4ccccc4C54c5ccccc5-c5ccccc54)c4cccc-3c24)cc1. The standard InChI is InChI=1S/C47H28O/c1-2-12-29(13-3-1)30-24-25-34-37-18-10-17-36-31(26-27-43(46(36)37)48-44(34)28-30)35-19-11-23-42-45(35)38-16-6-9-22-41(38)47(42)39-20-7-4-14-32(39)33-15-5-8-21-40(33)47/h1-28H. The smallest absolute Gasteiger partial charge is 0.135 e. The van der Waals surface area contributed by atoms with Crippen molar-refractivity contribution in [3.63, 3.8) is 0 Å². The summed E-state index contributed by atoms with van der Waals surface area (Å²) in [5.41, 5.74) is 17.6. The Morgan fingerprint density at radius 3 is 1.69 bits per heavy atom. The van der Waals surface area contributed by atoms with E-state index in [1.165, 1.54) is 77.5 Å². The van der Waals surface area contributed by atoms with E-state index in [-0.39, 0.29) is 5.41 Å². The van der Waals surface area contributed by atoms with Gasteiger partial charge in [0.2, 0.25) is 0 Å². The van der Waals surface area contributed by atoms with Crippen molar-refractivity contribution in [2.45, 2.75) is 5.41 Å². The number of hydrogen-bond donors (Lipinski definition) is 0. The van der Waals surface area contributed by atoms with Crippen LogP contribution in [-0.2, 0) is 5.41 Å². The summed E-state index contributed by atoms with van der Waals surface area (Å²) in [5, 5.41) is 2.38. The van der Waals surface area contributed by atoms with Gasteiger partial charge in [-0.2, -0.15) is 0 Å². The summed E-state index contributed by atoms with van der Waals surface area (Å²) in [6.07, 6.45) is 0. The van der Waals surface area contributed by atoms with Crippen LogP contribution in [0.4, 0.5) is 0 Å². The predicted molar refractivity (Wildman–Crippen MR) is 197 cm³/mol. The first-order valence-electron chi connectivity index (χ1n) is 16.7. The van der Waals surface area contributed by atoms with E-state index in [4.69, 9.17) is 4.74 Å². The van der Waals surface area contributed by atoms with Gasteiger partial charge in [-0.15, -0.1) is 0 Å².